The minimum Gasteiger partial charge on any atom is -0.271 e. The summed E-state index contributed by atoms with van der Waals surface area (Å²) in [7, 11) is 0. The average Bonchev–Trinajstić information content (AvgIpc) is 2.52. The fourth-order valence-electron chi connectivity index (χ4n) is 2.35. The Bertz CT molecular complexity index is 789. The van der Waals surface area contributed by atoms with Crippen LogP contribution in [-0.2, 0) is 0 Å². The molecule has 1 unspecified atom stereocenters. The fraction of sp³-hybridized carbons (Fsp3) is 0.0625. The fourth-order valence-corrected chi connectivity index (χ4v) is 2.77. The van der Waals surface area contributed by atoms with Crippen LogP contribution < -0.4 is 11.3 Å². The zero-order chi connectivity index (χ0) is 14.8. The summed E-state index contributed by atoms with van der Waals surface area (Å²) in [5.41, 5.74) is 5.48. The van der Waals surface area contributed by atoms with Crippen molar-refractivity contribution in [3.05, 3.63) is 75.9 Å². The number of nitrogens with zero attached hydrogens (tertiary/aromatic N) is 1. The molecule has 0 spiro atoms. The number of pyridine rings is 1. The van der Waals surface area contributed by atoms with Gasteiger partial charge in [-0.3, -0.25) is 10.8 Å². The van der Waals surface area contributed by atoms with E-state index in [1.165, 1.54) is 0 Å². The molecule has 0 aliphatic rings. The Morgan fingerprint density at radius 1 is 1.05 bits per heavy atom. The molecule has 0 aliphatic heterocycles. The van der Waals surface area contributed by atoms with Gasteiger partial charge in [-0.25, -0.2) is 5.43 Å². The number of nitrogens with two attached hydrogens (primary N) is 1. The molecule has 3 rings (SSSR count). The molecule has 21 heavy (non-hydrogen) atoms. The molecule has 1 heterocycles. The molecule has 5 heteroatoms. The predicted molar refractivity (Wildman–Crippen MR) is 87.4 cm³/mol. The van der Waals surface area contributed by atoms with Crippen molar-refractivity contribution in [2.45, 2.75) is 6.04 Å². The van der Waals surface area contributed by atoms with Crippen molar-refractivity contribution in [1.29, 1.82) is 0 Å². The van der Waals surface area contributed by atoms with Crippen molar-refractivity contribution >= 4 is 34.1 Å². The van der Waals surface area contributed by atoms with Crippen molar-refractivity contribution in [1.82, 2.24) is 10.4 Å². The lowest BCUT2D eigenvalue weighted by atomic mass is 9.99. The summed E-state index contributed by atoms with van der Waals surface area (Å²) >= 11 is 12.4. The number of hydrogen-bond donors (Lipinski definition) is 2. The maximum atomic E-state index is 6.29. The van der Waals surface area contributed by atoms with Crippen LogP contribution >= 0.6 is 23.2 Å². The van der Waals surface area contributed by atoms with E-state index in [9.17, 15) is 0 Å². The van der Waals surface area contributed by atoms with Gasteiger partial charge in [0, 0.05) is 11.6 Å². The first kappa shape index (κ1) is 14.3. The average molecular weight is 318 g/mol. The molecule has 0 fully saturated rings. The van der Waals surface area contributed by atoms with E-state index >= 15 is 0 Å². The third-order valence-electron chi connectivity index (χ3n) is 3.40. The molecule has 3 nitrogen and oxygen atoms in total. The van der Waals surface area contributed by atoms with Crippen molar-refractivity contribution < 1.29 is 0 Å². The SMILES string of the molecule is NNC(c1cnc2ccccc2c1)c1cccc(Cl)c1Cl. The van der Waals surface area contributed by atoms with Crippen LogP contribution in [0.25, 0.3) is 10.9 Å². The van der Waals surface area contributed by atoms with Gasteiger partial charge in [-0.1, -0.05) is 53.5 Å². The molecule has 0 bridgehead atoms. The van der Waals surface area contributed by atoms with Gasteiger partial charge in [-0.05, 0) is 29.3 Å². The molecule has 0 aliphatic carbocycles. The molecule has 0 saturated heterocycles. The monoisotopic (exact) mass is 317 g/mol. The second-order valence-corrected chi connectivity index (χ2v) is 5.49. The number of benzene rings is 2. The van der Waals surface area contributed by atoms with E-state index in [1.54, 1.807) is 12.3 Å². The van der Waals surface area contributed by atoms with Gasteiger partial charge in [0.05, 0.1) is 21.6 Å². The summed E-state index contributed by atoms with van der Waals surface area (Å²) in [5, 5.41) is 2.05. The Hall–Kier alpha value is -1.65. The van der Waals surface area contributed by atoms with Crippen molar-refractivity contribution in [3.63, 3.8) is 0 Å². The highest BCUT2D eigenvalue weighted by Gasteiger charge is 2.17. The van der Waals surface area contributed by atoms with Gasteiger partial charge in [0.1, 0.15) is 0 Å². The largest absolute Gasteiger partial charge is 0.271 e. The zero-order valence-electron chi connectivity index (χ0n) is 11.1. The van der Waals surface area contributed by atoms with E-state index in [-0.39, 0.29) is 6.04 Å². The number of hydrazine groups is 1. The lowest BCUT2D eigenvalue weighted by molar-refractivity contribution is 0.636. The molecule has 3 N–H and O–H groups in total. The Balaban J connectivity index is 2.11. The normalized spacial score (nSPS) is 12.5. The van der Waals surface area contributed by atoms with Crippen LogP contribution in [-0.4, -0.2) is 4.98 Å². The summed E-state index contributed by atoms with van der Waals surface area (Å²) in [5.74, 6) is 5.72. The summed E-state index contributed by atoms with van der Waals surface area (Å²) in [6, 6.07) is 15.2. The Kier molecular flexibility index (Phi) is 4.08. The van der Waals surface area contributed by atoms with Gasteiger partial charge in [-0.2, -0.15) is 0 Å². The highest BCUT2D eigenvalue weighted by Crippen LogP contribution is 2.33. The van der Waals surface area contributed by atoms with E-state index in [1.807, 2.05) is 42.5 Å². The second-order valence-electron chi connectivity index (χ2n) is 4.70. The highest BCUT2D eigenvalue weighted by molar-refractivity contribution is 6.42. The van der Waals surface area contributed by atoms with Crippen molar-refractivity contribution in [2.75, 3.05) is 0 Å². The van der Waals surface area contributed by atoms with Crippen LogP contribution in [0, 0.1) is 0 Å². The zero-order valence-corrected chi connectivity index (χ0v) is 12.6. The van der Waals surface area contributed by atoms with E-state index in [0.717, 1.165) is 22.0 Å². The van der Waals surface area contributed by atoms with E-state index in [0.29, 0.717) is 10.0 Å². The summed E-state index contributed by atoms with van der Waals surface area (Å²) in [6.45, 7) is 0. The molecule has 1 aromatic heterocycles. The molecule has 0 radical (unpaired) electrons. The van der Waals surface area contributed by atoms with Gasteiger partial charge < -0.3 is 0 Å². The van der Waals surface area contributed by atoms with Crippen LogP contribution in [0.4, 0.5) is 0 Å². The van der Waals surface area contributed by atoms with Crippen LogP contribution in [0.15, 0.2) is 54.7 Å². The Labute approximate surface area is 132 Å². The summed E-state index contributed by atoms with van der Waals surface area (Å²) in [6.07, 6.45) is 1.80. The highest BCUT2D eigenvalue weighted by atomic mass is 35.5. The maximum Gasteiger partial charge on any atom is 0.0740 e. The van der Waals surface area contributed by atoms with Gasteiger partial charge in [-0.15, -0.1) is 0 Å². The predicted octanol–water partition coefficient (Wildman–Crippen LogP) is 4.09. The number of halogens is 2. The van der Waals surface area contributed by atoms with Crippen LogP contribution in [0.5, 0.6) is 0 Å². The number of hydrogen-bond acceptors (Lipinski definition) is 3. The van der Waals surface area contributed by atoms with Crippen molar-refractivity contribution in [3.8, 4) is 0 Å². The minimum absolute atomic E-state index is 0.270. The molecule has 106 valence electrons. The summed E-state index contributed by atoms with van der Waals surface area (Å²) < 4.78 is 0. The molecule has 0 amide bonds. The lowest BCUT2D eigenvalue weighted by Crippen LogP contribution is -2.29. The number of aromatic nitrogens is 1. The lowest BCUT2D eigenvalue weighted by Gasteiger charge is -2.18. The number of nitrogens with one attached hydrogen (secondary N) is 1. The molecule has 1 atom stereocenters. The van der Waals surface area contributed by atoms with Gasteiger partial charge >= 0.3 is 0 Å². The Morgan fingerprint density at radius 3 is 2.67 bits per heavy atom. The maximum absolute atomic E-state index is 6.29. The minimum atomic E-state index is -0.270. The third kappa shape index (κ3) is 2.74. The summed E-state index contributed by atoms with van der Waals surface area (Å²) in [4.78, 5) is 4.46. The van der Waals surface area contributed by atoms with E-state index in [2.05, 4.69) is 10.4 Å². The standard InChI is InChI=1S/C16H13Cl2N3/c17-13-6-3-5-12(15(13)18)16(21-19)11-8-10-4-1-2-7-14(10)20-9-11/h1-9,16,21H,19H2. The number of para-hydroxylation sites is 1. The number of rotatable bonds is 3. The number of fused-ring (bicyclic) bond motifs is 1. The molecule has 0 saturated carbocycles. The molecule has 2 aromatic carbocycles. The van der Waals surface area contributed by atoms with Gasteiger partial charge in [0.15, 0.2) is 0 Å². The molecular weight excluding hydrogens is 305 g/mol. The first-order valence-corrected chi connectivity index (χ1v) is 7.21. The van der Waals surface area contributed by atoms with Crippen LogP contribution in [0.2, 0.25) is 10.0 Å². The van der Waals surface area contributed by atoms with Crippen LogP contribution in [0.3, 0.4) is 0 Å². The van der Waals surface area contributed by atoms with E-state index in [4.69, 9.17) is 29.0 Å². The van der Waals surface area contributed by atoms with Gasteiger partial charge in [0.2, 0.25) is 0 Å². The third-order valence-corrected chi connectivity index (χ3v) is 4.24. The smallest absolute Gasteiger partial charge is 0.0740 e. The first-order valence-electron chi connectivity index (χ1n) is 6.45. The molecule has 3 aromatic rings. The molecular formula is C16H13Cl2N3. The van der Waals surface area contributed by atoms with Gasteiger partial charge in [0.25, 0.3) is 0 Å². The first-order chi connectivity index (χ1) is 10.2. The van der Waals surface area contributed by atoms with Crippen molar-refractivity contribution in [2.24, 2.45) is 5.84 Å². The Morgan fingerprint density at radius 2 is 1.86 bits per heavy atom. The van der Waals surface area contributed by atoms with E-state index < -0.39 is 0 Å². The quantitative estimate of drug-likeness (QED) is 0.565. The topological polar surface area (TPSA) is 50.9 Å². The second kappa shape index (κ2) is 6.00. The van der Waals surface area contributed by atoms with Crippen LogP contribution in [0.1, 0.15) is 17.2 Å².